The van der Waals surface area contributed by atoms with E-state index in [0.717, 1.165) is 6.42 Å². The molecule has 1 aliphatic rings. The molecule has 0 heterocycles. The Morgan fingerprint density at radius 1 is 1.00 bits per heavy atom. The highest BCUT2D eigenvalue weighted by molar-refractivity contribution is 5.36. The summed E-state index contributed by atoms with van der Waals surface area (Å²) < 4.78 is 0. The zero-order valence-electron chi connectivity index (χ0n) is 7.90. The van der Waals surface area contributed by atoms with Crippen molar-refractivity contribution in [1.29, 1.82) is 0 Å². The van der Waals surface area contributed by atoms with Crippen molar-refractivity contribution in [3.8, 4) is 0 Å². The summed E-state index contributed by atoms with van der Waals surface area (Å²) in [6.07, 6.45) is 9.79. The first-order valence-corrected chi connectivity index (χ1v) is 4.84. The lowest BCUT2D eigenvalue weighted by atomic mass is 9.99. The average molecular weight is 170 g/mol. The van der Waals surface area contributed by atoms with Gasteiger partial charge in [-0.05, 0) is 17.5 Å². The number of aryl methyl sites for hydroxylation is 1. The lowest BCUT2D eigenvalue weighted by Crippen LogP contribution is -1.89. The molecule has 0 fully saturated rings. The summed E-state index contributed by atoms with van der Waals surface area (Å²) in [5.41, 5.74) is 2.80. The zero-order valence-corrected chi connectivity index (χ0v) is 7.90. The van der Waals surface area contributed by atoms with E-state index in [0.29, 0.717) is 5.92 Å². The van der Waals surface area contributed by atoms with Gasteiger partial charge in [0.1, 0.15) is 0 Å². The van der Waals surface area contributed by atoms with Gasteiger partial charge in [-0.3, -0.25) is 0 Å². The molecule has 0 spiro atoms. The number of hydrogen-bond donors (Lipinski definition) is 0. The maximum absolute atomic E-state index is 2.23. The number of allylic oxidation sites excluding steroid dienone is 4. The Kier molecular flexibility index (Phi) is 2.31. The van der Waals surface area contributed by atoms with Crippen molar-refractivity contribution in [3.63, 3.8) is 0 Å². The van der Waals surface area contributed by atoms with Gasteiger partial charge in [0.05, 0.1) is 0 Å². The second-order valence-electron chi connectivity index (χ2n) is 3.39. The first kappa shape index (κ1) is 8.31. The van der Waals surface area contributed by atoms with E-state index >= 15 is 0 Å². The van der Waals surface area contributed by atoms with Gasteiger partial charge in [-0.1, -0.05) is 55.5 Å². The average Bonchev–Trinajstić information content (AvgIpc) is 2.71. The highest BCUT2D eigenvalue weighted by atomic mass is 14.1. The SMILES string of the molecule is CCc1ccc(C2C=CC=C2)cc1. The van der Waals surface area contributed by atoms with Crippen LogP contribution in [-0.4, -0.2) is 0 Å². The van der Waals surface area contributed by atoms with Gasteiger partial charge in [0.2, 0.25) is 0 Å². The summed E-state index contributed by atoms with van der Waals surface area (Å²) >= 11 is 0. The molecular weight excluding hydrogens is 156 g/mol. The summed E-state index contributed by atoms with van der Waals surface area (Å²) in [5.74, 6) is 0.505. The normalized spacial score (nSPS) is 15.5. The van der Waals surface area contributed by atoms with Crippen LogP contribution in [0.3, 0.4) is 0 Å². The largest absolute Gasteiger partial charge is 0.0732 e. The Morgan fingerprint density at radius 2 is 1.62 bits per heavy atom. The van der Waals surface area contributed by atoms with Crippen LogP contribution in [0.15, 0.2) is 48.6 Å². The van der Waals surface area contributed by atoms with Crippen LogP contribution in [0.1, 0.15) is 24.0 Å². The third-order valence-electron chi connectivity index (χ3n) is 2.52. The van der Waals surface area contributed by atoms with Gasteiger partial charge in [0, 0.05) is 5.92 Å². The highest BCUT2D eigenvalue weighted by Crippen LogP contribution is 2.22. The van der Waals surface area contributed by atoms with E-state index in [4.69, 9.17) is 0 Å². The summed E-state index contributed by atoms with van der Waals surface area (Å²) in [5, 5.41) is 0. The van der Waals surface area contributed by atoms with Crippen LogP contribution in [0.2, 0.25) is 0 Å². The minimum Gasteiger partial charge on any atom is -0.0732 e. The maximum Gasteiger partial charge on any atom is 0.0204 e. The molecule has 13 heavy (non-hydrogen) atoms. The monoisotopic (exact) mass is 170 g/mol. The molecule has 0 unspecified atom stereocenters. The van der Waals surface area contributed by atoms with Gasteiger partial charge in [-0.15, -0.1) is 0 Å². The minimum atomic E-state index is 0.505. The van der Waals surface area contributed by atoms with E-state index in [-0.39, 0.29) is 0 Å². The lowest BCUT2D eigenvalue weighted by Gasteiger charge is -2.06. The van der Waals surface area contributed by atoms with Gasteiger partial charge >= 0.3 is 0 Å². The van der Waals surface area contributed by atoms with Crippen LogP contribution in [0.25, 0.3) is 0 Å². The van der Waals surface area contributed by atoms with Gasteiger partial charge in [-0.2, -0.15) is 0 Å². The van der Waals surface area contributed by atoms with Gasteiger partial charge in [0.25, 0.3) is 0 Å². The van der Waals surface area contributed by atoms with E-state index in [1.165, 1.54) is 11.1 Å². The Balaban J connectivity index is 2.22. The van der Waals surface area contributed by atoms with Crippen LogP contribution in [-0.2, 0) is 6.42 Å². The van der Waals surface area contributed by atoms with Crippen LogP contribution < -0.4 is 0 Å². The zero-order chi connectivity index (χ0) is 9.10. The van der Waals surface area contributed by atoms with Gasteiger partial charge in [0.15, 0.2) is 0 Å². The molecule has 0 saturated heterocycles. The molecule has 0 aliphatic heterocycles. The first-order chi connectivity index (χ1) is 6.40. The van der Waals surface area contributed by atoms with Gasteiger partial charge in [-0.25, -0.2) is 0 Å². The molecule has 0 N–H and O–H groups in total. The molecule has 0 saturated carbocycles. The summed E-state index contributed by atoms with van der Waals surface area (Å²) in [4.78, 5) is 0. The molecule has 1 aromatic rings. The molecule has 0 bridgehead atoms. The molecule has 0 heteroatoms. The predicted molar refractivity (Wildman–Crippen MR) is 56.8 cm³/mol. The molecule has 0 radical (unpaired) electrons. The number of hydrogen-bond acceptors (Lipinski definition) is 0. The van der Waals surface area contributed by atoms with Crippen molar-refractivity contribution in [1.82, 2.24) is 0 Å². The van der Waals surface area contributed by atoms with Crippen LogP contribution in [0, 0.1) is 0 Å². The molecule has 1 aliphatic carbocycles. The fourth-order valence-corrected chi connectivity index (χ4v) is 1.63. The van der Waals surface area contributed by atoms with E-state index in [1.54, 1.807) is 0 Å². The Labute approximate surface area is 79.6 Å². The second-order valence-corrected chi connectivity index (χ2v) is 3.39. The van der Waals surface area contributed by atoms with Crippen molar-refractivity contribution in [2.24, 2.45) is 0 Å². The first-order valence-electron chi connectivity index (χ1n) is 4.84. The van der Waals surface area contributed by atoms with Crippen LogP contribution >= 0.6 is 0 Å². The summed E-state index contributed by atoms with van der Waals surface area (Å²) in [6, 6.07) is 8.89. The number of benzene rings is 1. The van der Waals surface area contributed by atoms with Crippen molar-refractivity contribution in [3.05, 3.63) is 59.7 Å². The topological polar surface area (TPSA) is 0 Å². The maximum atomic E-state index is 2.23. The quantitative estimate of drug-likeness (QED) is 0.637. The van der Waals surface area contributed by atoms with Crippen molar-refractivity contribution >= 4 is 0 Å². The molecule has 0 aromatic heterocycles. The Morgan fingerprint density at radius 3 is 2.15 bits per heavy atom. The van der Waals surface area contributed by atoms with E-state index in [1.807, 2.05) is 0 Å². The third kappa shape index (κ3) is 1.72. The fraction of sp³-hybridized carbons (Fsp3) is 0.231. The van der Waals surface area contributed by atoms with Crippen molar-refractivity contribution in [2.75, 3.05) is 0 Å². The Hall–Kier alpha value is -1.30. The molecule has 0 nitrogen and oxygen atoms in total. The highest BCUT2D eigenvalue weighted by Gasteiger charge is 2.05. The van der Waals surface area contributed by atoms with Gasteiger partial charge < -0.3 is 0 Å². The molecule has 1 aromatic carbocycles. The number of rotatable bonds is 2. The van der Waals surface area contributed by atoms with E-state index in [9.17, 15) is 0 Å². The van der Waals surface area contributed by atoms with Crippen LogP contribution in [0.5, 0.6) is 0 Å². The molecule has 0 amide bonds. The molecule has 66 valence electrons. The molecular formula is C13H14. The van der Waals surface area contributed by atoms with Crippen molar-refractivity contribution < 1.29 is 0 Å². The third-order valence-corrected chi connectivity index (χ3v) is 2.52. The fourth-order valence-electron chi connectivity index (χ4n) is 1.63. The smallest absolute Gasteiger partial charge is 0.0204 e. The second kappa shape index (κ2) is 3.61. The molecule has 2 rings (SSSR count). The van der Waals surface area contributed by atoms with Crippen molar-refractivity contribution in [2.45, 2.75) is 19.3 Å². The predicted octanol–water partition coefficient (Wildman–Crippen LogP) is 3.46. The summed E-state index contributed by atoms with van der Waals surface area (Å²) in [6.45, 7) is 2.18. The lowest BCUT2D eigenvalue weighted by molar-refractivity contribution is 1.08. The van der Waals surface area contributed by atoms with E-state index in [2.05, 4.69) is 55.5 Å². The van der Waals surface area contributed by atoms with E-state index < -0.39 is 0 Å². The van der Waals surface area contributed by atoms with Crippen LogP contribution in [0.4, 0.5) is 0 Å². The standard InChI is InChI=1S/C13H14/c1-2-11-7-9-13(10-8-11)12-5-3-4-6-12/h3-10,12H,2H2,1H3. The Bertz CT molecular complexity index is 316. The minimum absolute atomic E-state index is 0.505. The summed E-state index contributed by atoms with van der Waals surface area (Å²) in [7, 11) is 0. The molecule has 0 atom stereocenters.